The fraction of sp³-hybridized carbons (Fsp3) is 0.522. The third-order valence-electron chi connectivity index (χ3n) is 25.8. The van der Waals surface area contributed by atoms with E-state index in [0.29, 0.717) is 174 Å². The molecule has 4 aromatic carbocycles. The van der Waals surface area contributed by atoms with Gasteiger partial charge in [0.25, 0.3) is 40.1 Å². The number of sulfonamides is 4. The SMILES string of the molecule is C[C@@H]1CNC(=O)CN1C[C@H]1CN(S(=O)(=O)c2cccs2)CCN1c1ccc(C(C)(C)O)cc1.C[C@@H]1CNC(=O)CN1C[C@H]1CN(S(=O)(=O)c2cccs2)CCN1c1ccc(C(C)(C)O)cc1.C[C@H]1CNC(=O)CN1C[C@H]1CN(S(=O)(=O)c2cccs2)CCN1c1ccc(C(C)(C)O)cc1.C[C@H]1CNC(=O)CN1C[C@H]1CN(S(=O)(=O)c2cccs2)CCN1c1ccc(C(C)(C)O)cc1. The van der Waals surface area contributed by atoms with Gasteiger partial charge in [-0.05, 0) is 200 Å². The summed E-state index contributed by atoms with van der Waals surface area (Å²) in [5, 5.41) is 59.9. The van der Waals surface area contributed by atoms with Crippen molar-refractivity contribution in [3.05, 3.63) is 189 Å². The number of hydrogen-bond donors (Lipinski definition) is 8. The van der Waals surface area contributed by atoms with Crippen molar-refractivity contribution in [2.75, 3.05) is 177 Å². The van der Waals surface area contributed by atoms with E-state index in [4.69, 9.17) is 0 Å². The zero-order chi connectivity index (χ0) is 95.2. The first kappa shape index (κ1) is 102. The topological polar surface area (TPSA) is 373 Å². The second-order valence-electron chi connectivity index (χ2n) is 37.3. The van der Waals surface area contributed by atoms with E-state index < -0.39 is 62.5 Å². The lowest BCUT2D eigenvalue weighted by atomic mass is 9.98. The van der Waals surface area contributed by atoms with E-state index in [1.54, 1.807) is 143 Å². The Morgan fingerprint density at radius 2 is 0.477 bits per heavy atom. The van der Waals surface area contributed by atoms with Crippen LogP contribution in [0, 0.1) is 0 Å². The molecule has 4 amide bonds. The number of aliphatic hydroxyl groups is 4. The second kappa shape index (κ2) is 42.4. The first-order valence-electron chi connectivity index (χ1n) is 44.8. The van der Waals surface area contributed by atoms with Crippen LogP contribution in [0.25, 0.3) is 0 Å². The average Bonchev–Trinajstić information content (AvgIpc) is 1.62. The van der Waals surface area contributed by atoms with Crippen molar-refractivity contribution in [1.29, 1.82) is 0 Å². The van der Waals surface area contributed by atoms with E-state index in [-0.39, 0.29) is 72.0 Å². The number of nitrogens with one attached hydrogen (secondary N) is 4. The van der Waals surface area contributed by atoms with Crippen molar-refractivity contribution in [2.24, 2.45) is 0 Å². The van der Waals surface area contributed by atoms with E-state index in [1.165, 1.54) is 45.3 Å². The molecule has 8 N–H and O–H groups in total. The van der Waals surface area contributed by atoms with Crippen LogP contribution in [-0.4, -0.2) is 320 Å². The van der Waals surface area contributed by atoms with Gasteiger partial charge < -0.3 is 61.3 Å². The van der Waals surface area contributed by atoms with Gasteiger partial charge in [-0.25, -0.2) is 33.7 Å². The smallest absolute Gasteiger partial charge is 0.252 e. The Morgan fingerprint density at radius 1 is 0.295 bits per heavy atom. The van der Waals surface area contributed by atoms with Crippen LogP contribution in [0.3, 0.4) is 0 Å². The first-order chi connectivity index (χ1) is 62.2. The zero-order valence-corrected chi connectivity index (χ0v) is 83.6. The summed E-state index contributed by atoms with van der Waals surface area (Å²) in [4.78, 5) is 65.5. The molecular formula is C92H128N16O16S8. The molecule has 0 aliphatic carbocycles. The molecule has 8 atom stereocenters. The Balaban J connectivity index is 0.000000150. The third-order valence-corrected chi connectivity index (χ3v) is 38.8. The van der Waals surface area contributed by atoms with Crippen LogP contribution < -0.4 is 40.9 Å². The number of carbonyl (C=O) groups is 4. The first-order valence-corrected chi connectivity index (χ1v) is 54.1. The molecule has 40 heteroatoms. The van der Waals surface area contributed by atoms with Crippen LogP contribution >= 0.6 is 45.3 Å². The summed E-state index contributed by atoms with van der Waals surface area (Å²) in [6.07, 6.45) is 0. The Morgan fingerprint density at radius 3 is 0.636 bits per heavy atom. The molecule has 0 bridgehead atoms. The van der Waals surface area contributed by atoms with Gasteiger partial charge in [-0.3, -0.25) is 38.8 Å². The van der Waals surface area contributed by atoms with Gasteiger partial charge in [0.2, 0.25) is 23.6 Å². The highest BCUT2D eigenvalue weighted by Gasteiger charge is 2.44. The number of anilines is 4. The molecule has 132 heavy (non-hydrogen) atoms. The number of amides is 4. The fourth-order valence-electron chi connectivity index (χ4n) is 17.8. The van der Waals surface area contributed by atoms with E-state index >= 15 is 0 Å². The summed E-state index contributed by atoms with van der Waals surface area (Å²) in [6, 6.07) is 45.0. The van der Waals surface area contributed by atoms with E-state index in [1.807, 2.05) is 97.1 Å². The van der Waals surface area contributed by atoms with Crippen molar-refractivity contribution < 1.29 is 73.3 Å². The van der Waals surface area contributed by atoms with Gasteiger partial charge in [-0.2, -0.15) is 17.2 Å². The van der Waals surface area contributed by atoms with Crippen LogP contribution in [0.4, 0.5) is 22.7 Å². The van der Waals surface area contributed by atoms with Crippen molar-refractivity contribution in [2.45, 2.75) is 171 Å². The number of carbonyl (C=O) groups excluding carboxylic acids is 4. The number of thiophene rings is 4. The van der Waals surface area contributed by atoms with Crippen LogP contribution in [0.5, 0.6) is 0 Å². The molecule has 0 spiro atoms. The van der Waals surface area contributed by atoms with Crippen molar-refractivity contribution in [1.82, 2.24) is 58.1 Å². The summed E-state index contributed by atoms with van der Waals surface area (Å²) in [6.45, 7) is 33.3. The summed E-state index contributed by atoms with van der Waals surface area (Å²) >= 11 is 4.93. The summed E-state index contributed by atoms with van der Waals surface area (Å²) in [5.41, 5.74) is 3.50. The van der Waals surface area contributed by atoms with Gasteiger partial charge in [0.1, 0.15) is 16.8 Å². The molecule has 16 rings (SSSR count). The maximum atomic E-state index is 13.2. The highest BCUT2D eigenvalue weighted by atomic mass is 32.3. The number of benzene rings is 4. The summed E-state index contributed by atoms with van der Waals surface area (Å²) in [7, 11) is -14.2. The molecule has 8 aliphatic rings. The number of hydrogen-bond acceptors (Lipinski definition) is 28. The molecule has 720 valence electrons. The molecule has 0 radical (unpaired) electrons. The molecule has 8 aliphatic heterocycles. The lowest BCUT2D eigenvalue weighted by molar-refractivity contribution is -0.126. The number of nitrogens with zero attached hydrogens (tertiary/aromatic N) is 12. The van der Waals surface area contributed by atoms with Gasteiger partial charge in [0, 0.05) is 178 Å². The molecule has 0 saturated carbocycles. The van der Waals surface area contributed by atoms with Crippen LogP contribution in [0.2, 0.25) is 0 Å². The molecule has 8 saturated heterocycles. The fourth-order valence-corrected chi connectivity index (χ4v) is 28.2. The van der Waals surface area contributed by atoms with Gasteiger partial charge in [-0.1, -0.05) is 72.8 Å². The molecule has 12 heterocycles. The monoisotopic (exact) mass is 1970 g/mol. The molecule has 8 aromatic rings. The van der Waals surface area contributed by atoms with Crippen molar-refractivity contribution in [3.63, 3.8) is 0 Å². The highest BCUT2D eigenvalue weighted by Crippen LogP contribution is 2.37. The Kier molecular flexibility index (Phi) is 32.6. The number of piperazine rings is 8. The van der Waals surface area contributed by atoms with E-state index in [9.17, 15) is 73.3 Å². The van der Waals surface area contributed by atoms with Crippen molar-refractivity contribution in [3.8, 4) is 0 Å². The molecule has 32 nitrogen and oxygen atoms in total. The van der Waals surface area contributed by atoms with Crippen molar-refractivity contribution >= 4 is 132 Å². The van der Waals surface area contributed by atoms with Gasteiger partial charge in [0.15, 0.2) is 0 Å². The molecule has 4 aromatic heterocycles. The predicted octanol–water partition coefficient (Wildman–Crippen LogP) is 6.70. The quantitative estimate of drug-likeness (QED) is 0.0312. The van der Waals surface area contributed by atoms with Crippen LogP contribution in [0.15, 0.2) is 184 Å². The van der Waals surface area contributed by atoms with Gasteiger partial charge >= 0.3 is 0 Å². The minimum absolute atomic E-state index is 0.00643. The Labute approximate surface area is 794 Å². The standard InChI is InChI=1S/4C23H32N4O4S2/c4*1-17-13-24-21(28)16-25(17)14-20-15-26(33(30,31)22-5-4-12-32-22)10-11-27(20)19-8-6-18(7-9-19)23(2,3)29/h4*4-9,12,17,20,29H,10-11,13-16H2,1-3H3,(H,24,28)/t2*17-,20+;2*17-,20-/m1100/s1. The average molecular weight is 1970 g/mol. The lowest BCUT2D eigenvalue weighted by Crippen LogP contribution is -2.62. The maximum absolute atomic E-state index is 13.2. The second-order valence-corrected chi connectivity index (χ2v) is 49.8. The molecule has 0 unspecified atom stereocenters. The highest BCUT2D eigenvalue weighted by molar-refractivity contribution is 7.92. The lowest BCUT2D eigenvalue weighted by Gasteiger charge is -2.45. The Bertz CT molecular complexity index is 4950. The minimum atomic E-state index is -3.55. The van der Waals surface area contributed by atoms with E-state index in [0.717, 1.165) is 45.0 Å². The molecular weight excluding hydrogens is 1840 g/mol. The summed E-state index contributed by atoms with van der Waals surface area (Å²) in [5.74, 6) is -0.0257. The number of rotatable bonds is 24. The van der Waals surface area contributed by atoms with Gasteiger partial charge in [-0.15, -0.1) is 45.3 Å². The van der Waals surface area contributed by atoms with E-state index in [2.05, 4.69) is 88.2 Å². The largest absolute Gasteiger partial charge is 0.386 e. The molecule has 8 fully saturated rings. The normalized spacial score (nSPS) is 23.5. The third kappa shape index (κ3) is 24.9. The summed E-state index contributed by atoms with van der Waals surface area (Å²) < 4.78 is 113. The van der Waals surface area contributed by atoms with Crippen LogP contribution in [0.1, 0.15) is 105 Å². The van der Waals surface area contributed by atoms with Gasteiger partial charge in [0.05, 0.1) is 72.8 Å². The minimum Gasteiger partial charge on any atom is -0.386 e. The van der Waals surface area contributed by atoms with Crippen LogP contribution in [-0.2, 0) is 81.7 Å². The zero-order valence-electron chi connectivity index (χ0n) is 77.1. The predicted molar refractivity (Wildman–Crippen MR) is 520 cm³/mol. The Hall–Kier alpha value is -7.92. The maximum Gasteiger partial charge on any atom is 0.252 e.